The largest absolute Gasteiger partial charge is 0.361 e. The minimum absolute atomic E-state index is 0.0248. The van der Waals surface area contributed by atoms with Gasteiger partial charge in [-0.15, -0.1) is 10.2 Å². The molecule has 1 fully saturated rings. The topological polar surface area (TPSA) is 89.1 Å². The number of nitrogens with one attached hydrogen (secondary N) is 1. The van der Waals surface area contributed by atoms with Crippen LogP contribution in [0, 0.1) is 13.8 Å². The molecule has 2 aromatic heterocycles. The van der Waals surface area contributed by atoms with Gasteiger partial charge < -0.3 is 19.3 Å². The zero-order valence-corrected chi connectivity index (χ0v) is 15.3. The van der Waals surface area contributed by atoms with Crippen LogP contribution in [0.1, 0.15) is 61.0 Å². The number of aromatic nitrogens is 4. The number of aryl methyl sites for hydroxylation is 3. The molecule has 25 heavy (non-hydrogen) atoms. The lowest BCUT2D eigenvalue weighted by Gasteiger charge is -2.32. The van der Waals surface area contributed by atoms with E-state index in [9.17, 15) is 4.79 Å². The lowest BCUT2D eigenvalue weighted by atomic mass is 9.96. The lowest BCUT2D eigenvalue weighted by Crippen LogP contribution is -2.45. The quantitative estimate of drug-likeness (QED) is 0.918. The van der Waals surface area contributed by atoms with Crippen molar-refractivity contribution in [2.75, 3.05) is 13.1 Å². The summed E-state index contributed by atoms with van der Waals surface area (Å²) < 4.78 is 7.20. The molecule has 0 spiro atoms. The number of hydrogen-bond donors (Lipinski definition) is 1. The Bertz CT molecular complexity index is 710. The third kappa shape index (κ3) is 3.52. The highest BCUT2D eigenvalue weighted by molar-refractivity contribution is 5.75. The van der Waals surface area contributed by atoms with Gasteiger partial charge >= 0.3 is 6.03 Å². The first kappa shape index (κ1) is 17.4. The molecule has 2 aromatic rings. The van der Waals surface area contributed by atoms with Gasteiger partial charge in [-0.2, -0.15) is 0 Å². The second kappa shape index (κ2) is 7.25. The van der Waals surface area contributed by atoms with Gasteiger partial charge in [-0.05, 0) is 33.1 Å². The fourth-order valence-electron chi connectivity index (χ4n) is 3.61. The first-order chi connectivity index (χ1) is 12.0. The van der Waals surface area contributed by atoms with Crippen LogP contribution >= 0.6 is 0 Å². The summed E-state index contributed by atoms with van der Waals surface area (Å²) in [6.07, 6.45) is 4.33. The van der Waals surface area contributed by atoms with Gasteiger partial charge in [-0.1, -0.05) is 12.1 Å². The first-order valence-electron chi connectivity index (χ1n) is 8.83. The Kier molecular flexibility index (Phi) is 5.06. The molecule has 0 aromatic carbocycles. The van der Waals surface area contributed by atoms with Crippen LogP contribution in [0.2, 0.25) is 0 Å². The number of likely N-dealkylation sites (tertiary alicyclic amines) is 1. The number of urea groups is 1. The van der Waals surface area contributed by atoms with Gasteiger partial charge in [0.2, 0.25) is 0 Å². The number of carbonyl (C=O) groups excluding carboxylic acids is 1. The summed E-state index contributed by atoms with van der Waals surface area (Å²) in [6, 6.07) is -0.0986. The van der Waals surface area contributed by atoms with Gasteiger partial charge in [-0.3, -0.25) is 0 Å². The summed E-state index contributed by atoms with van der Waals surface area (Å²) in [6.45, 7) is 7.30. The molecule has 0 aliphatic carbocycles. The highest BCUT2D eigenvalue weighted by Gasteiger charge is 2.28. The Morgan fingerprint density at radius 3 is 2.64 bits per heavy atom. The second-order valence-corrected chi connectivity index (χ2v) is 6.71. The molecule has 3 heterocycles. The number of hydrogen-bond acceptors (Lipinski definition) is 5. The van der Waals surface area contributed by atoms with Crippen molar-refractivity contribution in [2.24, 2.45) is 7.05 Å². The van der Waals surface area contributed by atoms with Crippen LogP contribution in [0.5, 0.6) is 0 Å². The molecular formula is C17H26N6O2. The van der Waals surface area contributed by atoms with Crippen molar-refractivity contribution in [2.45, 2.75) is 52.0 Å². The molecule has 2 amide bonds. The van der Waals surface area contributed by atoms with Crippen molar-refractivity contribution in [3.8, 4) is 0 Å². The van der Waals surface area contributed by atoms with E-state index in [0.717, 1.165) is 55.2 Å². The second-order valence-electron chi connectivity index (χ2n) is 6.71. The Morgan fingerprint density at radius 2 is 2.12 bits per heavy atom. The molecule has 8 nitrogen and oxygen atoms in total. The van der Waals surface area contributed by atoms with Crippen LogP contribution in [0.3, 0.4) is 0 Å². The first-order valence-corrected chi connectivity index (χ1v) is 8.83. The maximum Gasteiger partial charge on any atom is 0.317 e. The smallest absolute Gasteiger partial charge is 0.317 e. The van der Waals surface area contributed by atoms with Crippen LogP contribution in [-0.2, 0) is 7.05 Å². The summed E-state index contributed by atoms with van der Waals surface area (Å²) in [4.78, 5) is 14.6. The summed E-state index contributed by atoms with van der Waals surface area (Å²) in [5.41, 5.74) is 1.83. The molecule has 0 saturated carbocycles. The summed E-state index contributed by atoms with van der Waals surface area (Å²) in [5, 5.41) is 15.3. The fourth-order valence-corrected chi connectivity index (χ4v) is 3.61. The van der Waals surface area contributed by atoms with E-state index in [4.69, 9.17) is 4.52 Å². The van der Waals surface area contributed by atoms with Gasteiger partial charge in [0.25, 0.3) is 0 Å². The molecule has 136 valence electrons. The zero-order chi connectivity index (χ0) is 18.0. The van der Waals surface area contributed by atoms with Gasteiger partial charge in [0.15, 0.2) is 0 Å². The highest BCUT2D eigenvalue weighted by Crippen LogP contribution is 2.27. The minimum atomic E-state index is -0.0739. The van der Waals surface area contributed by atoms with E-state index in [2.05, 4.69) is 27.6 Å². The van der Waals surface area contributed by atoms with Crippen LogP contribution in [0.25, 0.3) is 0 Å². The van der Waals surface area contributed by atoms with Crippen LogP contribution in [0.15, 0.2) is 10.9 Å². The van der Waals surface area contributed by atoms with Crippen molar-refractivity contribution in [3.63, 3.8) is 0 Å². The summed E-state index contributed by atoms with van der Waals surface area (Å²) >= 11 is 0. The fraction of sp³-hybridized carbons (Fsp3) is 0.647. The number of rotatable bonds is 4. The van der Waals surface area contributed by atoms with E-state index >= 15 is 0 Å². The van der Waals surface area contributed by atoms with Gasteiger partial charge in [0.1, 0.15) is 17.9 Å². The van der Waals surface area contributed by atoms with Gasteiger partial charge in [0, 0.05) is 31.6 Å². The number of carbonyl (C=O) groups is 1. The average molecular weight is 346 g/mol. The molecule has 1 aliphatic heterocycles. The van der Waals surface area contributed by atoms with E-state index in [-0.39, 0.29) is 12.1 Å². The van der Waals surface area contributed by atoms with Crippen molar-refractivity contribution >= 4 is 6.03 Å². The maximum absolute atomic E-state index is 12.7. The van der Waals surface area contributed by atoms with Gasteiger partial charge in [0.05, 0.1) is 11.7 Å². The third-order valence-electron chi connectivity index (χ3n) is 5.04. The monoisotopic (exact) mass is 346 g/mol. The molecule has 1 saturated heterocycles. The van der Waals surface area contributed by atoms with Gasteiger partial charge in [-0.25, -0.2) is 4.79 Å². The average Bonchev–Trinajstić information content (AvgIpc) is 3.18. The Balaban J connectivity index is 1.60. The SMILES string of the molecule is CC[C@H](NC(=O)N1CCC(c2nncn2C)CC1)c1c(C)noc1C. The zero-order valence-electron chi connectivity index (χ0n) is 15.3. The number of nitrogens with zero attached hydrogens (tertiary/aromatic N) is 5. The van der Waals surface area contributed by atoms with Crippen molar-refractivity contribution in [3.05, 3.63) is 29.2 Å². The number of amides is 2. The molecule has 3 rings (SSSR count). The number of piperidine rings is 1. The third-order valence-corrected chi connectivity index (χ3v) is 5.04. The molecular weight excluding hydrogens is 320 g/mol. The van der Waals surface area contributed by atoms with E-state index in [1.807, 2.05) is 30.4 Å². The Hall–Kier alpha value is -2.38. The van der Waals surface area contributed by atoms with Crippen molar-refractivity contribution < 1.29 is 9.32 Å². The van der Waals surface area contributed by atoms with E-state index < -0.39 is 0 Å². The molecule has 0 bridgehead atoms. The summed E-state index contributed by atoms with van der Waals surface area (Å²) in [7, 11) is 1.96. The standard InChI is InChI=1S/C17H26N6O2/c1-5-14(15-11(2)21-25-12(15)3)19-17(24)23-8-6-13(7-9-23)16-20-18-10-22(16)4/h10,13-14H,5-9H2,1-4H3,(H,19,24)/t14-/m0/s1. The van der Waals surface area contributed by atoms with E-state index in [0.29, 0.717) is 5.92 Å². The summed E-state index contributed by atoms with van der Waals surface area (Å²) in [5.74, 6) is 2.13. The lowest BCUT2D eigenvalue weighted by molar-refractivity contribution is 0.176. The van der Waals surface area contributed by atoms with Crippen molar-refractivity contribution in [1.29, 1.82) is 0 Å². The predicted octanol–water partition coefficient (Wildman–Crippen LogP) is 2.46. The van der Waals surface area contributed by atoms with Crippen LogP contribution < -0.4 is 5.32 Å². The molecule has 1 N–H and O–H groups in total. The Morgan fingerprint density at radius 1 is 1.40 bits per heavy atom. The maximum atomic E-state index is 12.7. The predicted molar refractivity (Wildman–Crippen MR) is 92.1 cm³/mol. The molecule has 1 atom stereocenters. The molecule has 1 aliphatic rings. The normalized spacial score (nSPS) is 16.9. The molecule has 0 radical (unpaired) electrons. The Labute approximate surface area is 147 Å². The van der Waals surface area contributed by atoms with Crippen molar-refractivity contribution in [1.82, 2.24) is 30.1 Å². The van der Waals surface area contributed by atoms with E-state index in [1.54, 1.807) is 6.33 Å². The molecule has 0 unspecified atom stereocenters. The molecule has 8 heteroatoms. The van der Waals surface area contributed by atoms with E-state index in [1.165, 1.54) is 0 Å². The minimum Gasteiger partial charge on any atom is -0.361 e. The highest BCUT2D eigenvalue weighted by atomic mass is 16.5. The van der Waals surface area contributed by atoms with Crippen LogP contribution in [0.4, 0.5) is 4.79 Å². The van der Waals surface area contributed by atoms with Crippen LogP contribution in [-0.4, -0.2) is 43.9 Å².